The minimum Gasteiger partial charge on any atom is -0.345 e. The Morgan fingerprint density at radius 3 is 2.58 bits per heavy atom. The van der Waals surface area contributed by atoms with Gasteiger partial charge in [-0.2, -0.15) is 0 Å². The minimum absolute atomic E-state index is 0.0691. The summed E-state index contributed by atoms with van der Waals surface area (Å²) in [4.78, 5) is 23.9. The largest absolute Gasteiger partial charge is 0.345 e. The van der Waals surface area contributed by atoms with Crippen LogP contribution in [0, 0.1) is 13.8 Å². The molecule has 1 atom stereocenters. The van der Waals surface area contributed by atoms with Gasteiger partial charge in [-0.25, -0.2) is 9.97 Å². The van der Waals surface area contributed by atoms with Crippen molar-refractivity contribution in [3.05, 3.63) is 56.8 Å². The van der Waals surface area contributed by atoms with Crippen LogP contribution in [0.4, 0.5) is 0 Å². The van der Waals surface area contributed by atoms with Crippen molar-refractivity contribution in [1.82, 2.24) is 15.3 Å². The summed E-state index contributed by atoms with van der Waals surface area (Å²) >= 11 is 7.40. The van der Waals surface area contributed by atoms with E-state index in [0.717, 1.165) is 32.9 Å². The predicted octanol–water partition coefficient (Wildman–Crippen LogP) is 5.33. The van der Waals surface area contributed by atoms with Crippen molar-refractivity contribution in [3.8, 4) is 0 Å². The van der Waals surface area contributed by atoms with Gasteiger partial charge in [0.25, 0.3) is 5.91 Å². The second-order valence-electron chi connectivity index (χ2n) is 6.92. The van der Waals surface area contributed by atoms with E-state index in [-0.39, 0.29) is 11.9 Å². The van der Waals surface area contributed by atoms with Gasteiger partial charge in [-0.15, -0.1) is 11.3 Å². The number of rotatable bonds is 4. The van der Waals surface area contributed by atoms with Gasteiger partial charge in [0.1, 0.15) is 10.7 Å². The topological polar surface area (TPSA) is 54.9 Å². The normalized spacial score (nSPS) is 15.2. The van der Waals surface area contributed by atoms with Crippen molar-refractivity contribution in [2.75, 3.05) is 0 Å². The first kappa shape index (κ1) is 17.4. The summed E-state index contributed by atoms with van der Waals surface area (Å²) in [6.45, 7) is 5.96. The number of nitrogens with one attached hydrogen (secondary N) is 1. The Morgan fingerprint density at radius 2 is 1.92 bits per heavy atom. The number of carbonyl (C=O) groups is 1. The zero-order valence-electron chi connectivity index (χ0n) is 15.0. The molecular formula is C20H20ClN3OS. The number of aryl methyl sites for hydroxylation is 2. The third kappa shape index (κ3) is 3.21. The fourth-order valence-electron chi connectivity index (χ4n) is 3.20. The quantitative estimate of drug-likeness (QED) is 0.660. The summed E-state index contributed by atoms with van der Waals surface area (Å²) in [5.74, 6) is 1.36. The molecule has 1 aromatic carbocycles. The molecule has 1 aliphatic rings. The molecule has 4 rings (SSSR count). The Labute approximate surface area is 161 Å². The van der Waals surface area contributed by atoms with Crippen LogP contribution in [0.2, 0.25) is 5.02 Å². The van der Waals surface area contributed by atoms with Gasteiger partial charge in [0.2, 0.25) is 0 Å². The monoisotopic (exact) mass is 385 g/mol. The highest BCUT2D eigenvalue weighted by molar-refractivity contribution is 7.20. The fourth-order valence-corrected chi connectivity index (χ4v) is 4.47. The molecule has 1 saturated carbocycles. The molecule has 6 heteroatoms. The molecule has 2 heterocycles. The number of carbonyl (C=O) groups excluding carboxylic acids is 1. The van der Waals surface area contributed by atoms with Crippen molar-refractivity contribution in [2.24, 2.45) is 0 Å². The molecule has 3 aromatic rings. The Bertz CT molecular complexity index is 992. The molecule has 4 nitrogen and oxygen atoms in total. The van der Waals surface area contributed by atoms with E-state index in [1.165, 1.54) is 24.2 Å². The van der Waals surface area contributed by atoms with Gasteiger partial charge in [-0.05, 0) is 56.9 Å². The Kier molecular flexibility index (Phi) is 4.45. The molecule has 1 amide bonds. The zero-order chi connectivity index (χ0) is 18.4. The fraction of sp³-hybridized carbons (Fsp3) is 0.350. The minimum atomic E-state index is -0.0985. The molecule has 0 spiro atoms. The molecular weight excluding hydrogens is 366 g/mol. The van der Waals surface area contributed by atoms with Crippen LogP contribution < -0.4 is 5.32 Å². The molecule has 0 saturated heterocycles. The summed E-state index contributed by atoms with van der Waals surface area (Å²) in [6, 6.07) is 7.44. The van der Waals surface area contributed by atoms with E-state index in [1.54, 1.807) is 0 Å². The average Bonchev–Trinajstić information content (AvgIpc) is 3.39. The molecule has 134 valence electrons. The average molecular weight is 386 g/mol. The Balaban J connectivity index is 1.63. The molecule has 0 aliphatic heterocycles. The van der Waals surface area contributed by atoms with Crippen molar-refractivity contribution >= 4 is 39.1 Å². The maximum Gasteiger partial charge on any atom is 0.262 e. The number of benzene rings is 1. The molecule has 1 fully saturated rings. The SMILES string of the molecule is Cc1nc(C2CC2)nc2sc(C(=O)N[C@@H](C)c3ccc(Cl)cc3)c(C)c12. The van der Waals surface area contributed by atoms with Crippen molar-refractivity contribution in [3.63, 3.8) is 0 Å². The lowest BCUT2D eigenvalue weighted by molar-refractivity contribution is 0.0943. The van der Waals surface area contributed by atoms with E-state index >= 15 is 0 Å². The third-order valence-electron chi connectivity index (χ3n) is 4.85. The third-order valence-corrected chi connectivity index (χ3v) is 6.29. The van der Waals surface area contributed by atoms with Gasteiger partial charge in [0, 0.05) is 16.3 Å². The number of nitrogens with zero attached hydrogens (tertiary/aromatic N) is 2. The van der Waals surface area contributed by atoms with E-state index < -0.39 is 0 Å². The van der Waals surface area contributed by atoms with E-state index in [0.29, 0.717) is 15.8 Å². The van der Waals surface area contributed by atoms with Crippen LogP contribution in [0.15, 0.2) is 24.3 Å². The summed E-state index contributed by atoms with van der Waals surface area (Å²) in [5, 5.41) is 4.79. The first-order valence-corrected chi connectivity index (χ1v) is 9.97. The van der Waals surface area contributed by atoms with Crippen LogP contribution in [0.1, 0.15) is 64.0 Å². The van der Waals surface area contributed by atoms with Crippen LogP contribution in [-0.2, 0) is 0 Å². The van der Waals surface area contributed by atoms with E-state index in [1.807, 2.05) is 45.0 Å². The van der Waals surface area contributed by atoms with Gasteiger partial charge < -0.3 is 5.32 Å². The lowest BCUT2D eigenvalue weighted by Gasteiger charge is -2.14. The van der Waals surface area contributed by atoms with E-state index in [2.05, 4.69) is 10.3 Å². The maximum atomic E-state index is 12.9. The van der Waals surface area contributed by atoms with Crippen LogP contribution >= 0.6 is 22.9 Å². The Morgan fingerprint density at radius 1 is 1.23 bits per heavy atom. The standard InChI is InChI=1S/C20H20ClN3OS/c1-10-16-12(3)22-18(14-4-5-14)24-20(16)26-17(10)19(25)23-11(2)13-6-8-15(21)9-7-13/h6-9,11,14H,4-5H2,1-3H3,(H,23,25)/t11-/m0/s1. The van der Waals surface area contributed by atoms with Crippen LogP contribution in [0.25, 0.3) is 10.2 Å². The lowest BCUT2D eigenvalue weighted by Crippen LogP contribution is -2.26. The number of hydrogen-bond acceptors (Lipinski definition) is 4. The first-order chi connectivity index (χ1) is 12.4. The predicted molar refractivity (Wildman–Crippen MR) is 106 cm³/mol. The number of thiophene rings is 1. The van der Waals surface area contributed by atoms with Crippen molar-refractivity contribution in [2.45, 2.75) is 45.6 Å². The van der Waals surface area contributed by atoms with E-state index in [9.17, 15) is 4.79 Å². The van der Waals surface area contributed by atoms with Crippen molar-refractivity contribution in [1.29, 1.82) is 0 Å². The number of hydrogen-bond donors (Lipinski definition) is 1. The van der Waals surface area contributed by atoms with Gasteiger partial charge >= 0.3 is 0 Å². The van der Waals surface area contributed by atoms with Gasteiger partial charge in [0.05, 0.1) is 16.6 Å². The van der Waals surface area contributed by atoms with Crippen molar-refractivity contribution < 1.29 is 4.79 Å². The second-order valence-corrected chi connectivity index (χ2v) is 8.36. The van der Waals surface area contributed by atoms with Crippen LogP contribution in [-0.4, -0.2) is 15.9 Å². The smallest absolute Gasteiger partial charge is 0.262 e. The molecule has 2 aromatic heterocycles. The second kappa shape index (κ2) is 6.63. The highest BCUT2D eigenvalue weighted by atomic mass is 35.5. The number of amides is 1. The van der Waals surface area contributed by atoms with Gasteiger partial charge in [-0.3, -0.25) is 4.79 Å². The first-order valence-electron chi connectivity index (χ1n) is 8.78. The summed E-state index contributed by atoms with van der Waals surface area (Å²) in [6.07, 6.45) is 2.34. The maximum absolute atomic E-state index is 12.9. The van der Waals surface area contributed by atoms with Gasteiger partial charge in [-0.1, -0.05) is 23.7 Å². The molecule has 1 aliphatic carbocycles. The zero-order valence-corrected chi connectivity index (χ0v) is 16.5. The highest BCUT2D eigenvalue weighted by Gasteiger charge is 2.28. The number of fused-ring (bicyclic) bond motifs is 1. The molecule has 1 N–H and O–H groups in total. The lowest BCUT2D eigenvalue weighted by atomic mass is 10.1. The van der Waals surface area contributed by atoms with E-state index in [4.69, 9.17) is 16.6 Å². The molecule has 26 heavy (non-hydrogen) atoms. The molecule has 0 bridgehead atoms. The highest BCUT2D eigenvalue weighted by Crippen LogP contribution is 2.40. The summed E-state index contributed by atoms with van der Waals surface area (Å²) in [7, 11) is 0. The number of aromatic nitrogens is 2. The molecule has 0 unspecified atom stereocenters. The van der Waals surface area contributed by atoms with Crippen LogP contribution in [0.3, 0.4) is 0 Å². The van der Waals surface area contributed by atoms with Gasteiger partial charge in [0.15, 0.2) is 0 Å². The number of halogens is 1. The molecule has 0 radical (unpaired) electrons. The summed E-state index contributed by atoms with van der Waals surface area (Å²) in [5.41, 5.74) is 2.95. The summed E-state index contributed by atoms with van der Waals surface area (Å²) < 4.78 is 0. The van der Waals surface area contributed by atoms with Crippen LogP contribution in [0.5, 0.6) is 0 Å². The Hall–Kier alpha value is -1.98.